The summed E-state index contributed by atoms with van der Waals surface area (Å²) in [4.78, 5) is 11.7. The molecule has 11 nitrogen and oxygen atoms in total. The third-order valence-corrected chi connectivity index (χ3v) is 4.82. The molecule has 0 radical (unpaired) electrons. The van der Waals surface area contributed by atoms with Gasteiger partial charge >= 0.3 is 5.69 Å². The number of nitro groups is 1. The van der Waals surface area contributed by atoms with E-state index in [1.807, 2.05) is 4.83 Å². The Morgan fingerprint density at radius 1 is 1.11 bits per heavy atom. The van der Waals surface area contributed by atoms with E-state index in [0.29, 0.717) is 0 Å². The molecule has 2 rings (SSSR count). The lowest BCUT2D eigenvalue weighted by atomic mass is 10.2. The molecule has 0 fully saturated rings. The van der Waals surface area contributed by atoms with Crippen molar-refractivity contribution < 1.29 is 32.7 Å². The van der Waals surface area contributed by atoms with Crippen molar-refractivity contribution in [1.82, 2.24) is 4.83 Å². The van der Waals surface area contributed by atoms with Gasteiger partial charge in [0.05, 0.1) is 32.5 Å². The van der Waals surface area contributed by atoms with Gasteiger partial charge in [-0.3, -0.25) is 10.1 Å². The molecule has 0 unspecified atom stereocenters. The van der Waals surface area contributed by atoms with E-state index in [0.717, 1.165) is 12.3 Å². The molecule has 2 aromatic carbocycles. The van der Waals surface area contributed by atoms with Gasteiger partial charge in [-0.05, 0) is 18.2 Å². The molecule has 0 heterocycles. The van der Waals surface area contributed by atoms with Crippen molar-refractivity contribution in [2.45, 2.75) is 4.90 Å². The molecule has 12 heteroatoms. The number of hydrogen-bond acceptors (Lipinski definition) is 9. The Balaban J connectivity index is 2.37. The minimum atomic E-state index is -4.19. The van der Waals surface area contributed by atoms with Crippen LogP contribution in [0.4, 0.5) is 5.69 Å². The van der Waals surface area contributed by atoms with Crippen LogP contribution in [0.2, 0.25) is 0 Å². The number of nitro benzene ring substituents is 1. The average molecular weight is 411 g/mol. The monoisotopic (exact) mass is 411 g/mol. The van der Waals surface area contributed by atoms with E-state index in [2.05, 4.69) is 5.10 Å². The molecule has 28 heavy (non-hydrogen) atoms. The standard InChI is InChI=1S/C16H17N3O8S/c1-25-12-7-8-13(16(27-3)15(12)26-2)28(23,24)18-17-9-10-5-4-6-11(14(10)20)19(21)22/h4-9,18,20H,1-3H3. The number of nitrogens with zero attached hydrogens (tertiary/aromatic N) is 2. The van der Waals surface area contributed by atoms with Crippen molar-refractivity contribution in [2.24, 2.45) is 5.10 Å². The first-order valence-electron chi connectivity index (χ1n) is 7.57. The Hall–Kier alpha value is -3.54. The summed E-state index contributed by atoms with van der Waals surface area (Å²) in [6.07, 6.45) is 0.938. The van der Waals surface area contributed by atoms with Crippen LogP contribution in [0.3, 0.4) is 0 Å². The summed E-state index contributed by atoms with van der Waals surface area (Å²) in [7, 11) is -0.214. The van der Waals surface area contributed by atoms with Gasteiger partial charge in [-0.15, -0.1) is 0 Å². The summed E-state index contributed by atoms with van der Waals surface area (Å²) >= 11 is 0. The van der Waals surface area contributed by atoms with Crippen LogP contribution >= 0.6 is 0 Å². The van der Waals surface area contributed by atoms with Crippen molar-refractivity contribution >= 4 is 21.9 Å². The van der Waals surface area contributed by atoms with E-state index in [1.165, 1.54) is 45.6 Å². The molecule has 0 aromatic heterocycles. The molecule has 0 atom stereocenters. The second-order valence-corrected chi connectivity index (χ2v) is 6.79. The number of rotatable bonds is 8. The van der Waals surface area contributed by atoms with Gasteiger partial charge in [0.15, 0.2) is 11.5 Å². The Bertz CT molecular complexity index is 1020. The Kier molecular flexibility index (Phi) is 6.26. The molecule has 2 N–H and O–H groups in total. The van der Waals surface area contributed by atoms with Crippen LogP contribution in [0.1, 0.15) is 5.56 Å². The lowest BCUT2D eigenvalue weighted by Crippen LogP contribution is -2.19. The molecule has 0 spiro atoms. The van der Waals surface area contributed by atoms with E-state index >= 15 is 0 Å². The largest absolute Gasteiger partial charge is 0.502 e. The van der Waals surface area contributed by atoms with E-state index in [4.69, 9.17) is 14.2 Å². The first-order chi connectivity index (χ1) is 13.3. The van der Waals surface area contributed by atoms with Gasteiger partial charge < -0.3 is 19.3 Å². The SMILES string of the molecule is COc1ccc(S(=O)(=O)NN=Cc2cccc([N+](=O)[O-])c2O)c(OC)c1OC. The van der Waals surface area contributed by atoms with Gasteiger partial charge in [0.2, 0.25) is 11.5 Å². The first kappa shape index (κ1) is 20.8. The first-order valence-corrected chi connectivity index (χ1v) is 9.05. The van der Waals surface area contributed by atoms with E-state index in [-0.39, 0.29) is 27.7 Å². The molecular weight excluding hydrogens is 394 g/mol. The maximum atomic E-state index is 12.6. The summed E-state index contributed by atoms with van der Waals surface area (Å²) in [5.41, 5.74) is -0.579. The molecule has 0 saturated carbocycles. The van der Waals surface area contributed by atoms with Crippen LogP contribution in [0.15, 0.2) is 40.3 Å². The molecule has 0 saturated heterocycles. The fraction of sp³-hybridized carbons (Fsp3) is 0.188. The number of sulfonamides is 1. The van der Waals surface area contributed by atoms with Crippen molar-refractivity contribution in [1.29, 1.82) is 0 Å². The number of methoxy groups -OCH3 is 3. The summed E-state index contributed by atoms with van der Waals surface area (Å²) in [6.45, 7) is 0. The Labute approximate surface area is 160 Å². The number of hydrogen-bond donors (Lipinski definition) is 2. The smallest absolute Gasteiger partial charge is 0.311 e. The van der Waals surface area contributed by atoms with Crippen LogP contribution in [0.25, 0.3) is 0 Å². The number of phenolic OH excluding ortho intramolecular Hbond substituents is 1. The molecular formula is C16H17N3O8S. The molecule has 0 amide bonds. The van der Waals surface area contributed by atoms with E-state index < -0.39 is 26.4 Å². The van der Waals surface area contributed by atoms with Gasteiger partial charge in [-0.2, -0.15) is 18.4 Å². The summed E-state index contributed by atoms with van der Waals surface area (Å²) in [5, 5.41) is 24.2. The molecule has 0 bridgehead atoms. The fourth-order valence-electron chi connectivity index (χ4n) is 2.30. The summed E-state index contributed by atoms with van der Waals surface area (Å²) in [6, 6.07) is 6.38. The van der Waals surface area contributed by atoms with Gasteiger partial charge in [0, 0.05) is 11.6 Å². The predicted molar refractivity (Wildman–Crippen MR) is 98.8 cm³/mol. The topological polar surface area (TPSA) is 150 Å². The quantitative estimate of drug-likeness (QED) is 0.378. The van der Waals surface area contributed by atoms with Crippen molar-refractivity contribution in [3.05, 3.63) is 46.0 Å². The minimum Gasteiger partial charge on any atom is -0.502 e. The zero-order chi connectivity index (χ0) is 20.9. The molecule has 2 aromatic rings. The van der Waals surface area contributed by atoms with Crippen molar-refractivity contribution in [3.63, 3.8) is 0 Å². The zero-order valence-corrected chi connectivity index (χ0v) is 15.9. The van der Waals surface area contributed by atoms with Crippen molar-refractivity contribution in [3.8, 4) is 23.0 Å². The Morgan fingerprint density at radius 3 is 2.36 bits per heavy atom. The maximum Gasteiger partial charge on any atom is 0.311 e. The normalized spacial score (nSPS) is 11.2. The summed E-state index contributed by atoms with van der Waals surface area (Å²) in [5.74, 6) is -0.390. The highest BCUT2D eigenvalue weighted by Gasteiger charge is 2.25. The van der Waals surface area contributed by atoms with Crippen LogP contribution in [-0.2, 0) is 10.0 Å². The van der Waals surface area contributed by atoms with Crippen LogP contribution in [0, 0.1) is 10.1 Å². The number of aromatic hydroxyl groups is 1. The number of nitrogens with one attached hydrogen (secondary N) is 1. The molecule has 0 aliphatic carbocycles. The van der Waals surface area contributed by atoms with Gasteiger partial charge in [0.25, 0.3) is 10.0 Å². The van der Waals surface area contributed by atoms with E-state index in [9.17, 15) is 23.6 Å². The molecule has 150 valence electrons. The zero-order valence-electron chi connectivity index (χ0n) is 15.1. The Morgan fingerprint density at radius 2 is 1.79 bits per heavy atom. The van der Waals surface area contributed by atoms with Gasteiger partial charge in [0.1, 0.15) is 4.90 Å². The lowest BCUT2D eigenvalue weighted by Gasteiger charge is -2.15. The fourth-order valence-corrected chi connectivity index (χ4v) is 3.26. The highest BCUT2D eigenvalue weighted by atomic mass is 32.2. The summed E-state index contributed by atoms with van der Waals surface area (Å²) < 4.78 is 40.5. The molecule has 0 aliphatic rings. The third kappa shape index (κ3) is 4.06. The average Bonchev–Trinajstić information content (AvgIpc) is 2.67. The number of ether oxygens (including phenoxy) is 3. The number of benzene rings is 2. The van der Waals surface area contributed by atoms with Crippen molar-refractivity contribution in [2.75, 3.05) is 21.3 Å². The number of hydrazone groups is 1. The molecule has 0 aliphatic heterocycles. The van der Waals surface area contributed by atoms with Gasteiger partial charge in [-0.1, -0.05) is 6.07 Å². The highest BCUT2D eigenvalue weighted by Crippen LogP contribution is 2.41. The minimum absolute atomic E-state index is 0.0452. The van der Waals surface area contributed by atoms with Crippen LogP contribution < -0.4 is 19.0 Å². The van der Waals surface area contributed by atoms with Crippen LogP contribution in [-0.4, -0.2) is 46.0 Å². The number of para-hydroxylation sites is 1. The second kappa shape index (κ2) is 8.43. The lowest BCUT2D eigenvalue weighted by molar-refractivity contribution is -0.385. The third-order valence-electron chi connectivity index (χ3n) is 3.58. The number of phenols is 1. The maximum absolute atomic E-state index is 12.6. The van der Waals surface area contributed by atoms with E-state index in [1.54, 1.807) is 0 Å². The second-order valence-electron chi connectivity index (χ2n) is 5.16. The van der Waals surface area contributed by atoms with Gasteiger partial charge in [-0.25, -0.2) is 0 Å². The van der Waals surface area contributed by atoms with Crippen LogP contribution in [0.5, 0.6) is 23.0 Å². The highest BCUT2D eigenvalue weighted by molar-refractivity contribution is 7.89. The predicted octanol–water partition coefficient (Wildman–Crippen LogP) is 1.64.